The number of fused-ring (bicyclic) bond motifs is 1. The molecule has 1 aliphatic rings. The molecule has 226 valence electrons. The number of benzene rings is 3. The van der Waals surface area contributed by atoms with E-state index in [1.807, 2.05) is 0 Å². The Hall–Kier alpha value is -3.64. The maximum atomic E-state index is 13.2. The molecule has 2 amide bonds. The molecule has 3 aromatic carbocycles. The Morgan fingerprint density at radius 2 is 1.73 bits per heavy atom. The summed E-state index contributed by atoms with van der Waals surface area (Å²) >= 11 is 6.65. The van der Waals surface area contributed by atoms with Gasteiger partial charge in [-0.15, -0.1) is 0 Å². The third-order valence-electron chi connectivity index (χ3n) is 6.93. The number of nitrogens with zero attached hydrogens (tertiary/aromatic N) is 1. The number of halogens is 2. The van der Waals surface area contributed by atoms with Crippen LogP contribution in [0.2, 0.25) is 5.02 Å². The summed E-state index contributed by atoms with van der Waals surface area (Å²) in [5.41, 5.74) is -0.0789. The molecule has 0 spiro atoms. The molecule has 1 fully saturated rings. The molecular formula is C31H29CaClFN3O7. The van der Waals surface area contributed by atoms with Crippen LogP contribution in [0.3, 0.4) is 0 Å². The number of carboxylic acid groups (broad SMARTS) is 1. The predicted octanol–water partition coefficient (Wildman–Crippen LogP) is 6.27. The van der Waals surface area contributed by atoms with Gasteiger partial charge in [0.2, 0.25) is 11.8 Å². The summed E-state index contributed by atoms with van der Waals surface area (Å²) in [5, 5.41) is 15.0. The van der Waals surface area contributed by atoms with Crippen LogP contribution in [0, 0.1) is 11.2 Å². The fourth-order valence-corrected chi connectivity index (χ4v) is 4.62. The van der Waals surface area contributed by atoms with Crippen LogP contribution in [-0.4, -0.2) is 79.3 Å². The minimum atomic E-state index is -1.26. The van der Waals surface area contributed by atoms with E-state index in [9.17, 15) is 18.8 Å². The zero-order valence-corrected chi connectivity index (χ0v) is 26.7. The largest absolute Gasteiger partial charge is 2.00 e. The van der Waals surface area contributed by atoms with Crippen molar-refractivity contribution < 1.29 is 40.9 Å². The van der Waals surface area contributed by atoms with E-state index in [0.29, 0.717) is 53.1 Å². The van der Waals surface area contributed by atoms with Crippen molar-refractivity contribution in [3.8, 4) is 23.0 Å². The van der Waals surface area contributed by atoms with Crippen LogP contribution >= 0.6 is 11.6 Å². The molecule has 0 saturated heterocycles. The number of ether oxygens (including phenoxy) is 3. The smallest absolute Gasteiger partial charge is 1.00 e. The zero-order valence-electron chi connectivity index (χ0n) is 25.7. The normalized spacial score (nSPS) is 12.9. The van der Waals surface area contributed by atoms with Crippen molar-refractivity contribution in [3.05, 3.63) is 77.7 Å². The van der Waals surface area contributed by atoms with Gasteiger partial charge in [0, 0.05) is 29.8 Å². The average Bonchev–Trinajstić information content (AvgIpc) is 3.81. The number of anilines is 2. The van der Waals surface area contributed by atoms with E-state index in [0.717, 1.165) is 0 Å². The van der Waals surface area contributed by atoms with E-state index < -0.39 is 29.0 Å². The van der Waals surface area contributed by atoms with E-state index in [4.69, 9.17) is 30.9 Å². The average molecular weight is 650 g/mol. The Balaban J connectivity index is 0.00000245. The van der Waals surface area contributed by atoms with Gasteiger partial charge >= 0.3 is 43.7 Å². The first-order valence-electron chi connectivity index (χ1n) is 13.4. The Morgan fingerprint density at radius 3 is 2.41 bits per heavy atom. The number of pyridine rings is 1. The summed E-state index contributed by atoms with van der Waals surface area (Å²) in [6, 6.07) is 15.2. The Morgan fingerprint density at radius 1 is 1.00 bits per heavy atom. The van der Waals surface area contributed by atoms with E-state index in [1.165, 1.54) is 31.4 Å². The Bertz CT molecular complexity index is 1710. The van der Waals surface area contributed by atoms with Crippen molar-refractivity contribution >= 4 is 89.4 Å². The van der Waals surface area contributed by atoms with Crippen LogP contribution in [0.4, 0.5) is 15.8 Å². The molecule has 0 bridgehead atoms. The molecule has 1 heterocycles. The predicted molar refractivity (Wildman–Crippen MR) is 165 cm³/mol. The first-order valence-corrected chi connectivity index (χ1v) is 13.7. The number of rotatable bonds is 12. The van der Waals surface area contributed by atoms with Crippen LogP contribution in [0.25, 0.3) is 10.9 Å². The number of nitrogens with one attached hydrogen (secondary N) is 2. The van der Waals surface area contributed by atoms with Crippen molar-refractivity contribution in [2.45, 2.75) is 25.7 Å². The number of carboxylic acids is 1. The van der Waals surface area contributed by atoms with Gasteiger partial charge in [0.1, 0.15) is 27.8 Å². The van der Waals surface area contributed by atoms with Crippen LogP contribution in [0.1, 0.15) is 28.5 Å². The molecule has 3 N–H and O–H groups in total. The second-order valence-electron chi connectivity index (χ2n) is 9.89. The minimum absolute atomic E-state index is 0. The molecule has 0 atom stereocenters. The van der Waals surface area contributed by atoms with Crippen molar-refractivity contribution in [1.82, 2.24) is 4.98 Å². The molecule has 13 heteroatoms. The molecule has 44 heavy (non-hydrogen) atoms. The number of hydrogen-bond acceptors (Lipinski definition) is 7. The number of carbonyl (C=O) groups excluding carboxylic acids is 2. The number of aliphatic carboxylic acids is 1. The molecule has 1 saturated carbocycles. The third-order valence-corrected chi connectivity index (χ3v) is 7.32. The van der Waals surface area contributed by atoms with E-state index in [-0.39, 0.29) is 70.1 Å². The van der Waals surface area contributed by atoms with Gasteiger partial charge in [-0.2, -0.15) is 0 Å². The summed E-state index contributed by atoms with van der Waals surface area (Å²) in [5.74, 6) is -0.866. The number of amides is 2. The fourth-order valence-electron chi connectivity index (χ4n) is 4.41. The summed E-state index contributed by atoms with van der Waals surface area (Å²) in [6.45, 7) is 0.188. The molecule has 0 unspecified atom stereocenters. The van der Waals surface area contributed by atoms with Crippen LogP contribution in [-0.2, 0) is 14.4 Å². The number of hydrogen-bond donors (Lipinski definition) is 3. The molecule has 1 aliphatic carbocycles. The molecule has 1 aromatic heterocycles. The van der Waals surface area contributed by atoms with E-state index >= 15 is 0 Å². The van der Waals surface area contributed by atoms with Crippen LogP contribution < -0.4 is 24.8 Å². The number of carbonyl (C=O) groups is 3. The fraction of sp³-hybridized carbons (Fsp3) is 0.226. The minimum Gasteiger partial charge on any atom is -1.00 e. The zero-order chi connectivity index (χ0) is 30.6. The Kier molecular flexibility index (Phi) is 10.9. The maximum Gasteiger partial charge on any atom is 2.00 e. The molecule has 4 aromatic rings. The van der Waals surface area contributed by atoms with Crippen LogP contribution in [0.5, 0.6) is 23.0 Å². The first-order chi connectivity index (χ1) is 20.7. The monoisotopic (exact) mass is 649 g/mol. The molecule has 0 aliphatic heterocycles. The quantitative estimate of drug-likeness (QED) is 0.0928. The second-order valence-corrected chi connectivity index (χ2v) is 10.3. The van der Waals surface area contributed by atoms with E-state index in [1.54, 1.807) is 42.6 Å². The molecular weight excluding hydrogens is 621 g/mol. The SMILES string of the molecule is COc1cc2c(Oc3cccc(NC(=O)C4(C(=O)Nc5ccc(F)cc5)CC4)c3Cl)ccnc2cc1OCCCC(=O)O.[Ca+2].[H-].[H-]. The van der Waals surface area contributed by atoms with Crippen molar-refractivity contribution in [2.75, 3.05) is 24.4 Å². The van der Waals surface area contributed by atoms with Gasteiger partial charge in [-0.3, -0.25) is 19.4 Å². The number of methoxy groups -OCH3 is 1. The summed E-state index contributed by atoms with van der Waals surface area (Å²) in [4.78, 5) is 41.3. The summed E-state index contributed by atoms with van der Waals surface area (Å²) in [7, 11) is 1.48. The Labute approximate surface area is 289 Å². The van der Waals surface area contributed by atoms with Gasteiger partial charge in [0.15, 0.2) is 11.5 Å². The van der Waals surface area contributed by atoms with Gasteiger partial charge in [-0.1, -0.05) is 17.7 Å². The summed E-state index contributed by atoms with van der Waals surface area (Å²) in [6.07, 6.45) is 2.58. The van der Waals surface area contributed by atoms with Crippen molar-refractivity contribution in [2.24, 2.45) is 5.41 Å². The van der Waals surface area contributed by atoms with Gasteiger partial charge in [0.05, 0.1) is 24.9 Å². The molecule has 5 rings (SSSR count). The second kappa shape index (κ2) is 14.4. The van der Waals surface area contributed by atoms with Crippen molar-refractivity contribution in [3.63, 3.8) is 0 Å². The topological polar surface area (TPSA) is 136 Å². The standard InChI is InChI=1S/C31H27ClFN3O7.Ca.2H/c1-41-25-16-20-22(17-26(25)42-15-3-6-27(37)38)34-14-11-23(20)43-24-5-2-4-21(28(24)32)36-30(40)31(12-13-31)29(39)35-19-9-7-18(33)8-10-19;;;/h2,4-5,7-11,14,16-17H,3,6,12-13,15H2,1H3,(H,35,39)(H,36,40)(H,37,38);;;/q;+2;2*-1. The van der Waals surface area contributed by atoms with Gasteiger partial charge < -0.3 is 32.8 Å². The molecule has 0 radical (unpaired) electrons. The molecule has 10 nitrogen and oxygen atoms in total. The maximum absolute atomic E-state index is 13.2. The van der Waals surface area contributed by atoms with Crippen molar-refractivity contribution in [1.29, 1.82) is 0 Å². The number of aromatic nitrogens is 1. The third kappa shape index (κ3) is 7.52. The summed E-state index contributed by atoms with van der Waals surface area (Å²) < 4.78 is 30.6. The van der Waals surface area contributed by atoms with Gasteiger partial charge in [-0.25, -0.2) is 4.39 Å². The van der Waals surface area contributed by atoms with Gasteiger partial charge in [-0.05, 0) is 67.8 Å². The van der Waals surface area contributed by atoms with Crippen LogP contribution in [0.15, 0.2) is 66.9 Å². The van der Waals surface area contributed by atoms with Gasteiger partial charge in [0.25, 0.3) is 0 Å². The first kappa shape index (κ1) is 33.3. The van der Waals surface area contributed by atoms with E-state index in [2.05, 4.69) is 15.6 Å².